The predicted molar refractivity (Wildman–Crippen MR) is 52.7 cm³/mol. The highest BCUT2D eigenvalue weighted by Crippen LogP contribution is 2.46. The van der Waals surface area contributed by atoms with Gasteiger partial charge in [0, 0.05) is 12.7 Å². The lowest BCUT2D eigenvalue weighted by Gasteiger charge is -1.95. The summed E-state index contributed by atoms with van der Waals surface area (Å²) < 4.78 is 2.00. The fraction of sp³-hybridized carbons (Fsp3) is 0.700. The summed E-state index contributed by atoms with van der Waals surface area (Å²) in [5.74, 6) is 1.62. The molecule has 1 heterocycles. The van der Waals surface area contributed by atoms with E-state index in [0.29, 0.717) is 0 Å². The third kappa shape index (κ3) is 1.75. The van der Waals surface area contributed by atoms with Crippen LogP contribution in [0.4, 0.5) is 0 Å². The molecule has 1 aromatic rings. The second kappa shape index (κ2) is 3.50. The van der Waals surface area contributed by atoms with Gasteiger partial charge in [-0.1, -0.05) is 0 Å². The van der Waals surface area contributed by atoms with E-state index in [-0.39, 0.29) is 0 Å². The zero-order valence-electron chi connectivity index (χ0n) is 8.33. The van der Waals surface area contributed by atoms with Crippen LogP contribution in [0, 0.1) is 5.92 Å². The first-order valence-electron chi connectivity index (χ1n) is 5.02. The van der Waals surface area contributed by atoms with Gasteiger partial charge < -0.3 is 5.32 Å². The van der Waals surface area contributed by atoms with E-state index in [9.17, 15) is 0 Å². The molecule has 2 atom stereocenters. The minimum Gasteiger partial charge on any atom is -0.319 e. The molecule has 1 aliphatic rings. The Morgan fingerprint density at radius 3 is 3.15 bits per heavy atom. The molecule has 0 spiro atoms. The summed E-state index contributed by atoms with van der Waals surface area (Å²) in [6, 6.07) is 0. The Labute approximate surface area is 79.1 Å². The maximum absolute atomic E-state index is 4.29. The van der Waals surface area contributed by atoms with Gasteiger partial charge in [-0.2, -0.15) is 5.10 Å². The normalized spacial score (nSPS) is 26.3. The topological polar surface area (TPSA) is 29.9 Å². The molecule has 1 saturated carbocycles. The SMILES string of the molecule is CCn1cc(C2CC2CNC)cn1. The van der Waals surface area contributed by atoms with Crippen LogP contribution in [0.3, 0.4) is 0 Å². The van der Waals surface area contributed by atoms with Gasteiger partial charge in [-0.15, -0.1) is 0 Å². The fourth-order valence-electron chi connectivity index (χ4n) is 1.89. The molecule has 2 rings (SSSR count). The quantitative estimate of drug-likeness (QED) is 0.753. The van der Waals surface area contributed by atoms with Crippen LogP contribution in [-0.2, 0) is 6.54 Å². The number of aromatic nitrogens is 2. The van der Waals surface area contributed by atoms with Crippen LogP contribution in [0.2, 0.25) is 0 Å². The van der Waals surface area contributed by atoms with E-state index in [4.69, 9.17) is 0 Å². The molecule has 2 unspecified atom stereocenters. The number of rotatable bonds is 4. The van der Waals surface area contributed by atoms with Crippen LogP contribution >= 0.6 is 0 Å². The first-order valence-corrected chi connectivity index (χ1v) is 5.02. The molecule has 1 aromatic heterocycles. The lowest BCUT2D eigenvalue weighted by molar-refractivity contribution is 0.658. The van der Waals surface area contributed by atoms with E-state index in [1.54, 1.807) is 0 Å². The molecule has 1 aliphatic carbocycles. The van der Waals surface area contributed by atoms with Crippen LogP contribution in [0.5, 0.6) is 0 Å². The Kier molecular flexibility index (Phi) is 2.36. The Bertz CT molecular complexity index is 279. The van der Waals surface area contributed by atoms with Crippen molar-refractivity contribution in [2.75, 3.05) is 13.6 Å². The van der Waals surface area contributed by atoms with Crippen molar-refractivity contribution in [1.29, 1.82) is 0 Å². The number of hydrogen-bond acceptors (Lipinski definition) is 2. The fourth-order valence-corrected chi connectivity index (χ4v) is 1.89. The Hall–Kier alpha value is -0.830. The second-order valence-corrected chi connectivity index (χ2v) is 3.79. The van der Waals surface area contributed by atoms with Crippen LogP contribution in [0.15, 0.2) is 12.4 Å². The molecule has 0 aliphatic heterocycles. The predicted octanol–water partition coefficient (Wildman–Crippen LogP) is 1.23. The highest BCUT2D eigenvalue weighted by molar-refractivity contribution is 5.20. The zero-order valence-corrected chi connectivity index (χ0v) is 8.33. The van der Waals surface area contributed by atoms with E-state index < -0.39 is 0 Å². The van der Waals surface area contributed by atoms with Crippen LogP contribution in [0.1, 0.15) is 24.8 Å². The van der Waals surface area contributed by atoms with Gasteiger partial charge in [0.05, 0.1) is 6.20 Å². The average molecular weight is 179 g/mol. The summed E-state index contributed by atoms with van der Waals surface area (Å²) in [5.41, 5.74) is 1.42. The average Bonchev–Trinajstić information content (AvgIpc) is 2.76. The van der Waals surface area contributed by atoms with Gasteiger partial charge in [0.2, 0.25) is 0 Å². The summed E-state index contributed by atoms with van der Waals surface area (Å²) in [5, 5.41) is 7.51. The molecule has 0 aromatic carbocycles. The van der Waals surface area contributed by atoms with E-state index in [1.165, 1.54) is 12.0 Å². The van der Waals surface area contributed by atoms with Crippen LogP contribution < -0.4 is 5.32 Å². The molecule has 1 N–H and O–H groups in total. The standard InChI is InChI=1S/C10H17N3/c1-3-13-7-9(6-12-13)10-4-8(10)5-11-2/h6-8,10-11H,3-5H2,1-2H3. The summed E-state index contributed by atoms with van der Waals surface area (Å²) in [4.78, 5) is 0. The maximum Gasteiger partial charge on any atom is 0.0524 e. The van der Waals surface area contributed by atoms with Crippen LogP contribution in [-0.4, -0.2) is 23.4 Å². The van der Waals surface area contributed by atoms with E-state index in [0.717, 1.165) is 24.9 Å². The third-order valence-corrected chi connectivity index (χ3v) is 2.79. The van der Waals surface area contributed by atoms with E-state index in [2.05, 4.69) is 23.5 Å². The molecule has 1 fully saturated rings. The van der Waals surface area contributed by atoms with Gasteiger partial charge in [0.15, 0.2) is 0 Å². The number of hydrogen-bond donors (Lipinski definition) is 1. The summed E-state index contributed by atoms with van der Waals surface area (Å²) in [7, 11) is 2.02. The maximum atomic E-state index is 4.29. The second-order valence-electron chi connectivity index (χ2n) is 3.79. The molecule has 3 heteroatoms. The zero-order chi connectivity index (χ0) is 9.26. The van der Waals surface area contributed by atoms with Crippen molar-refractivity contribution in [2.24, 2.45) is 5.92 Å². The molecular weight excluding hydrogens is 162 g/mol. The van der Waals surface area contributed by atoms with Gasteiger partial charge in [-0.05, 0) is 44.3 Å². The van der Waals surface area contributed by atoms with Crippen molar-refractivity contribution in [3.63, 3.8) is 0 Å². The smallest absolute Gasteiger partial charge is 0.0524 e. The number of aryl methyl sites for hydroxylation is 1. The van der Waals surface area contributed by atoms with E-state index in [1.807, 2.05) is 17.9 Å². The van der Waals surface area contributed by atoms with Gasteiger partial charge in [0.1, 0.15) is 0 Å². The van der Waals surface area contributed by atoms with Gasteiger partial charge in [-0.3, -0.25) is 4.68 Å². The number of nitrogens with one attached hydrogen (secondary N) is 1. The van der Waals surface area contributed by atoms with E-state index >= 15 is 0 Å². The highest BCUT2D eigenvalue weighted by Gasteiger charge is 2.38. The highest BCUT2D eigenvalue weighted by atomic mass is 15.3. The Balaban J connectivity index is 1.95. The van der Waals surface area contributed by atoms with Crippen molar-refractivity contribution in [1.82, 2.24) is 15.1 Å². The largest absolute Gasteiger partial charge is 0.319 e. The molecule has 0 bridgehead atoms. The van der Waals surface area contributed by atoms with Crippen molar-refractivity contribution in [3.8, 4) is 0 Å². The minimum absolute atomic E-state index is 0.771. The Morgan fingerprint density at radius 2 is 2.54 bits per heavy atom. The van der Waals surface area contributed by atoms with Crippen LogP contribution in [0.25, 0.3) is 0 Å². The molecule has 3 nitrogen and oxygen atoms in total. The first-order chi connectivity index (χ1) is 6.35. The molecule has 72 valence electrons. The van der Waals surface area contributed by atoms with Gasteiger partial charge >= 0.3 is 0 Å². The number of nitrogens with zero attached hydrogens (tertiary/aromatic N) is 2. The van der Waals surface area contributed by atoms with Crippen molar-refractivity contribution >= 4 is 0 Å². The summed E-state index contributed by atoms with van der Waals surface area (Å²) in [6.07, 6.45) is 5.53. The lowest BCUT2D eigenvalue weighted by Crippen LogP contribution is -2.10. The van der Waals surface area contributed by atoms with Crippen molar-refractivity contribution in [3.05, 3.63) is 18.0 Å². The third-order valence-electron chi connectivity index (χ3n) is 2.79. The van der Waals surface area contributed by atoms with Crippen molar-refractivity contribution in [2.45, 2.75) is 25.8 Å². The first kappa shape index (κ1) is 8.75. The van der Waals surface area contributed by atoms with Gasteiger partial charge in [0.25, 0.3) is 0 Å². The minimum atomic E-state index is 0.771. The Morgan fingerprint density at radius 1 is 1.69 bits per heavy atom. The summed E-state index contributed by atoms with van der Waals surface area (Å²) >= 11 is 0. The lowest BCUT2D eigenvalue weighted by atomic mass is 10.2. The molecule has 0 saturated heterocycles. The monoisotopic (exact) mass is 179 g/mol. The molecule has 13 heavy (non-hydrogen) atoms. The van der Waals surface area contributed by atoms with Crippen molar-refractivity contribution < 1.29 is 0 Å². The van der Waals surface area contributed by atoms with Gasteiger partial charge in [-0.25, -0.2) is 0 Å². The molecule has 0 radical (unpaired) electrons. The molecule has 0 amide bonds. The summed E-state index contributed by atoms with van der Waals surface area (Å²) in [6.45, 7) is 4.24. The molecular formula is C10H17N3.